The summed E-state index contributed by atoms with van der Waals surface area (Å²) < 4.78 is 0. The Balaban J connectivity index is 2.44. The molecule has 0 aromatic carbocycles. The highest BCUT2D eigenvalue weighted by molar-refractivity contribution is 5.82. The van der Waals surface area contributed by atoms with Crippen molar-refractivity contribution in [1.82, 2.24) is 10.2 Å². The maximum atomic E-state index is 12.1. The minimum absolute atomic E-state index is 0.0252. The molecular weight excluding hydrogens is 204 g/mol. The Morgan fingerprint density at radius 1 is 1.50 bits per heavy atom. The molecule has 0 bridgehead atoms. The fraction of sp³-hybridized carbons (Fsp3) is 0.917. The summed E-state index contributed by atoms with van der Waals surface area (Å²) in [4.78, 5) is 13.9. The summed E-state index contributed by atoms with van der Waals surface area (Å²) in [5.74, 6) is 0.195. The van der Waals surface area contributed by atoms with Crippen molar-refractivity contribution in [3.05, 3.63) is 0 Å². The van der Waals surface area contributed by atoms with Crippen LogP contribution in [0.25, 0.3) is 0 Å². The monoisotopic (exact) mass is 228 g/mol. The first-order valence-electron chi connectivity index (χ1n) is 6.23. The van der Waals surface area contributed by atoms with Gasteiger partial charge in [-0.25, -0.2) is 0 Å². The number of carbonyl (C=O) groups is 1. The van der Waals surface area contributed by atoms with Gasteiger partial charge >= 0.3 is 0 Å². The second kappa shape index (κ2) is 6.21. The second-order valence-electron chi connectivity index (χ2n) is 4.98. The number of rotatable bonds is 5. The van der Waals surface area contributed by atoms with Crippen LogP contribution in [0.1, 0.15) is 40.0 Å². The molecule has 94 valence electrons. The third-order valence-corrected chi connectivity index (χ3v) is 2.88. The summed E-state index contributed by atoms with van der Waals surface area (Å²) in [6.07, 6.45) is 2.32. The van der Waals surface area contributed by atoms with E-state index < -0.39 is 0 Å². The van der Waals surface area contributed by atoms with E-state index in [1.807, 2.05) is 4.90 Å². The summed E-state index contributed by atoms with van der Waals surface area (Å²) >= 11 is 0. The first-order chi connectivity index (χ1) is 7.50. The van der Waals surface area contributed by atoms with Gasteiger partial charge in [0.1, 0.15) is 0 Å². The third kappa shape index (κ3) is 4.10. The number of hydrogen-bond donors (Lipinski definition) is 2. The average Bonchev–Trinajstić information content (AvgIpc) is 2.18. The van der Waals surface area contributed by atoms with Gasteiger partial charge in [-0.1, -0.05) is 13.8 Å². The van der Waals surface area contributed by atoms with Crippen LogP contribution < -0.4 is 5.32 Å². The summed E-state index contributed by atoms with van der Waals surface area (Å²) in [5.41, 5.74) is 0. The lowest BCUT2D eigenvalue weighted by Crippen LogP contribution is -2.52. The molecule has 0 aromatic heterocycles. The molecule has 0 aliphatic carbocycles. The van der Waals surface area contributed by atoms with Crippen molar-refractivity contribution >= 4 is 5.91 Å². The Morgan fingerprint density at radius 2 is 2.19 bits per heavy atom. The average molecular weight is 228 g/mol. The van der Waals surface area contributed by atoms with Gasteiger partial charge in [-0.15, -0.1) is 0 Å². The van der Waals surface area contributed by atoms with E-state index in [1.54, 1.807) is 6.92 Å². The van der Waals surface area contributed by atoms with Gasteiger partial charge in [0.2, 0.25) is 5.91 Å². The van der Waals surface area contributed by atoms with Crippen LogP contribution in [0.2, 0.25) is 0 Å². The molecule has 0 saturated carbocycles. The molecule has 1 saturated heterocycles. The van der Waals surface area contributed by atoms with Gasteiger partial charge in [0.05, 0.1) is 12.1 Å². The van der Waals surface area contributed by atoms with Crippen LogP contribution in [0, 0.1) is 0 Å². The van der Waals surface area contributed by atoms with Crippen LogP contribution in [0.5, 0.6) is 0 Å². The van der Waals surface area contributed by atoms with Gasteiger partial charge in [0, 0.05) is 19.1 Å². The number of carbonyl (C=O) groups excluding carboxylic acids is 1. The van der Waals surface area contributed by atoms with Crippen molar-refractivity contribution in [3.63, 3.8) is 0 Å². The Hall–Kier alpha value is -0.610. The summed E-state index contributed by atoms with van der Waals surface area (Å²) in [6, 6.07) is 0.313. The summed E-state index contributed by atoms with van der Waals surface area (Å²) in [5, 5.41) is 12.5. The van der Waals surface area contributed by atoms with Crippen molar-refractivity contribution in [2.24, 2.45) is 0 Å². The molecule has 4 nitrogen and oxygen atoms in total. The van der Waals surface area contributed by atoms with Crippen molar-refractivity contribution in [2.45, 2.75) is 58.2 Å². The number of nitrogens with zero attached hydrogens (tertiary/aromatic N) is 1. The molecule has 0 radical (unpaired) electrons. The van der Waals surface area contributed by atoms with Crippen LogP contribution in [0.3, 0.4) is 0 Å². The van der Waals surface area contributed by atoms with E-state index in [-0.39, 0.29) is 18.1 Å². The first-order valence-corrected chi connectivity index (χ1v) is 6.23. The lowest BCUT2D eigenvalue weighted by atomic mass is 10.0. The molecule has 0 aromatic rings. The van der Waals surface area contributed by atoms with Crippen LogP contribution >= 0.6 is 0 Å². The molecule has 1 amide bonds. The molecule has 16 heavy (non-hydrogen) atoms. The standard InChI is InChI=1S/C12H24N2O2/c1-9(2)13-11-5-4-7-14(12(11)16)8-6-10(3)15/h9-11,13,15H,4-8H2,1-3H3. The van der Waals surface area contributed by atoms with E-state index in [4.69, 9.17) is 0 Å². The molecule has 1 fully saturated rings. The molecule has 1 aliphatic rings. The number of piperidine rings is 1. The van der Waals surface area contributed by atoms with Gasteiger partial charge in [-0.2, -0.15) is 0 Å². The minimum atomic E-state index is -0.328. The normalized spacial score (nSPS) is 23.9. The lowest BCUT2D eigenvalue weighted by Gasteiger charge is -2.34. The summed E-state index contributed by atoms with van der Waals surface area (Å²) in [7, 11) is 0. The van der Waals surface area contributed by atoms with E-state index in [0.717, 1.165) is 19.4 Å². The smallest absolute Gasteiger partial charge is 0.239 e. The Bertz CT molecular complexity index is 229. The van der Waals surface area contributed by atoms with E-state index in [1.165, 1.54) is 0 Å². The molecule has 2 N–H and O–H groups in total. The van der Waals surface area contributed by atoms with Gasteiger partial charge in [-0.3, -0.25) is 4.79 Å². The van der Waals surface area contributed by atoms with Crippen LogP contribution in [-0.2, 0) is 4.79 Å². The topological polar surface area (TPSA) is 52.6 Å². The van der Waals surface area contributed by atoms with Crippen molar-refractivity contribution < 1.29 is 9.90 Å². The number of likely N-dealkylation sites (tertiary alicyclic amines) is 1. The predicted octanol–water partition coefficient (Wildman–Crippen LogP) is 0.746. The van der Waals surface area contributed by atoms with E-state index in [2.05, 4.69) is 19.2 Å². The molecular formula is C12H24N2O2. The molecule has 1 heterocycles. The van der Waals surface area contributed by atoms with E-state index in [0.29, 0.717) is 19.0 Å². The van der Waals surface area contributed by atoms with Crippen LogP contribution in [0.15, 0.2) is 0 Å². The maximum Gasteiger partial charge on any atom is 0.239 e. The Labute approximate surface area is 98.0 Å². The molecule has 2 atom stereocenters. The van der Waals surface area contributed by atoms with Gasteiger partial charge < -0.3 is 15.3 Å². The Morgan fingerprint density at radius 3 is 2.75 bits per heavy atom. The number of aliphatic hydroxyl groups excluding tert-OH is 1. The zero-order valence-electron chi connectivity index (χ0n) is 10.6. The SMILES string of the molecule is CC(O)CCN1CCCC(NC(C)C)C1=O. The first kappa shape index (κ1) is 13.5. The second-order valence-corrected chi connectivity index (χ2v) is 4.98. The van der Waals surface area contributed by atoms with Gasteiger partial charge in [0.25, 0.3) is 0 Å². The third-order valence-electron chi connectivity index (χ3n) is 2.88. The number of nitrogens with one attached hydrogen (secondary N) is 1. The van der Waals surface area contributed by atoms with Crippen molar-refractivity contribution in [2.75, 3.05) is 13.1 Å². The maximum absolute atomic E-state index is 12.1. The van der Waals surface area contributed by atoms with Crippen molar-refractivity contribution in [1.29, 1.82) is 0 Å². The van der Waals surface area contributed by atoms with Gasteiger partial charge in [-0.05, 0) is 26.2 Å². The van der Waals surface area contributed by atoms with E-state index in [9.17, 15) is 9.90 Å². The highest BCUT2D eigenvalue weighted by atomic mass is 16.3. The van der Waals surface area contributed by atoms with Gasteiger partial charge in [0.15, 0.2) is 0 Å². The zero-order valence-corrected chi connectivity index (χ0v) is 10.6. The quantitative estimate of drug-likeness (QED) is 0.730. The molecule has 2 unspecified atom stereocenters. The molecule has 1 rings (SSSR count). The van der Waals surface area contributed by atoms with Crippen molar-refractivity contribution in [3.8, 4) is 0 Å². The van der Waals surface area contributed by atoms with Crippen LogP contribution in [0.4, 0.5) is 0 Å². The minimum Gasteiger partial charge on any atom is -0.393 e. The fourth-order valence-electron chi connectivity index (χ4n) is 2.06. The highest BCUT2D eigenvalue weighted by Crippen LogP contribution is 2.13. The highest BCUT2D eigenvalue weighted by Gasteiger charge is 2.28. The van der Waals surface area contributed by atoms with E-state index >= 15 is 0 Å². The summed E-state index contributed by atoms with van der Waals surface area (Å²) in [6.45, 7) is 7.39. The number of hydrogen-bond acceptors (Lipinski definition) is 3. The number of amides is 1. The number of aliphatic hydroxyl groups is 1. The Kier molecular flexibility index (Phi) is 5.22. The lowest BCUT2D eigenvalue weighted by molar-refractivity contribution is -0.136. The predicted molar refractivity (Wildman–Crippen MR) is 64.2 cm³/mol. The molecule has 1 aliphatic heterocycles. The largest absolute Gasteiger partial charge is 0.393 e. The fourth-order valence-corrected chi connectivity index (χ4v) is 2.06. The zero-order chi connectivity index (χ0) is 12.1. The molecule has 0 spiro atoms. The molecule has 4 heteroatoms. The van der Waals surface area contributed by atoms with Crippen LogP contribution in [-0.4, -0.2) is 47.2 Å².